The average Bonchev–Trinajstić information content (AvgIpc) is 2.08. The molecule has 0 aliphatic carbocycles. The molecule has 0 aromatic carbocycles. The topological polar surface area (TPSA) is 36.9 Å². The molecule has 0 aliphatic rings. The molecule has 0 aromatic rings. The van der Waals surface area contributed by atoms with Crippen molar-refractivity contribution in [3.63, 3.8) is 0 Å². The monoisotopic (exact) mass is 365 g/mol. The summed E-state index contributed by atoms with van der Waals surface area (Å²) in [4.78, 5) is 0. The summed E-state index contributed by atoms with van der Waals surface area (Å²) >= 11 is -5.72. The van der Waals surface area contributed by atoms with Crippen LogP contribution in [-0.4, -0.2) is 28.4 Å². The zero-order valence-corrected chi connectivity index (χ0v) is 13.3. The van der Waals surface area contributed by atoms with Gasteiger partial charge >= 0.3 is 75.4 Å². The second-order valence-corrected chi connectivity index (χ2v) is 55.5. The Morgan fingerprint density at radius 2 is 0.692 bits per heavy atom. The molecular weight excluding hydrogens is 341 g/mol. The van der Waals surface area contributed by atoms with Crippen molar-refractivity contribution in [2.45, 2.75) is 20.6 Å². The van der Waals surface area contributed by atoms with E-state index in [0.29, 0.717) is 0 Å². The SMILES string of the molecule is C[O][Ta]([CH3])([CH3])([CH3])([CH3])([O]C)([O]C)[O]C. The zero-order valence-electron chi connectivity index (χ0n) is 10.1. The van der Waals surface area contributed by atoms with Crippen molar-refractivity contribution in [1.82, 2.24) is 0 Å². The molecule has 0 atom stereocenters. The van der Waals surface area contributed by atoms with E-state index >= 15 is 0 Å². The third kappa shape index (κ3) is 1.72. The summed E-state index contributed by atoms with van der Waals surface area (Å²) in [7, 11) is 6.18. The molecule has 0 fully saturated rings. The quantitative estimate of drug-likeness (QED) is 0.768. The number of hydrogen-bond acceptors (Lipinski definition) is 4. The van der Waals surface area contributed by atoms with Crippen LogP contribution in [-0.2, 0) is 26.4 Å². The van der Waals surface area contributed by atoms with Crippen molar-refractivity contribution in [3.05, 3.63) is 0 Å². The maximum absolute atomic E-state index is 5.72. The van der Waals surface area contributed by atoms with Crippen molar-refractivity contribution < 1.29 is 26.4 Å². The second kappa shape index (κ2) is 1.59. The fraction of sp³-hybridized carbons (Fsp3) is 1.00. The van der Waals surface area contributed by atoms with Crippen LogP contribution in [0.3, 0.4) is 0 Å². The third-order valence-corrected chi connectivity index (χ3v) is 31.2. The summed E-state index contributed by atoms with van der Waals surface area (Å²) in [6, 6.07) is 0. The Hall–Kier alpha value is 0.580. The normalized spacial score (nSPS) is 25.2. The molecule has 5 heteroatoms. The zero-order chi connectivity index (χ0) is 11.2. The molecule has 0 saturated heterocycles. The molecule has 0 N–H and O–H groups in total. The first-order valence-electron chi connectivity index (χ1n) is 4.15. The van der Waals surface area contributed by atoms with Gasteiger partial charge in [-0.2, -0.15) is 0 Å². The minimum absolute atomic E-state index is 1.54. The Kier molecular flexibility index (Phi) is 1.66. The van der Waals surface area contributed by atoms with Gasteiger partial charge in [0.05, 0.1) is 0 Å². The molecule has 85 valence electrons. The van der Waals surface area contributed by atoms with E-state index in [-0.39, 0.29) is 0 Å². The Labute approximate surface area is 75.6 Å². The van der Waals surface area contributed by atoms with E-state index in [4.69, 9.17) is 13.0 Å². The summed E-state index contributed by atoms with van der Waals surface area (Å²) in [6.45, 7) is 0. The van der Waals surface area contributed by atoms with Gasteiger partial charge in [0.25, 0.3) is 0 Å². The summed E-state index contributed by atoms with van der Waals surface area (Å²) in [5, 5.41) is 7.14. The minimum atomic E-state index is -5.72. The van der Waals surface area contributed by atoms with E-state index in [1.54, 1.807) is 49.0 Å². The van der Waals surface area contributed by atoms with Crippen molar-refractivity contribution in [3.8, 4) is 0 Å². The molecule has 0 amide bonds. The van der Waals surface area contributed by atoms with Crippen LogP contribution in [0.15, 0.2) is 0 Å². The first-order chi connectivity index (χ1) is 5.24. The van der Waals surface area contributed by atoms with Gasteiger partial charge in [-0.1, -0.05) is 0 Å². The molecule has 0 bridgehead atoms. The van der Waals surface area contributed by atoms with Gasteiger partial charge in [-0.15, -0.1) is 0 Å². The second-order valence-electron chi connectivity index (χ2n) is 6.78. The summed E-state index contributed by atoms with van der Waals surface area (Å²) in [5.41, 5.74) is 0. The molecular formula is C8H24O4Ta. The standard InChI is InChI=1S/4CH3O.4CH3.Ta/c4*1-2;;;;;/h4*1H3;4*1H3;/q4*-1;;;;;+4. The summed E-state index contributed by atoms with van der Waals surface area (Å²) < 4.78 is 22.6. The summed E-state index contributed by atoms with van der Waals surface area (Å²) in [5.74, 6) is 0. The van der Waals surface area contributed by atoms with Crippen LogP contribution in [0.25, 0.3) is 0 Å². The first-order valence-corrected chi connectivity index (χ1v) is 22.3. The van der Waals surface area contributed by atoms with Crippen molar-refractivity contribution in [2.24, 2.45) is 0 Å². The van der Waals surface area contributed by atoms with E-state index < -0.39 is 13.5 Å². The van der Waals surface area contributed by atoms with E-state index in [9.17, 15) is 0 Å². The maximum atomic E-state index is 5.65. The van der Waals surface area contributed by atoms with Crippen LogP contribution in [0.2, 0.25) is 20.6 Å². The van der Waals surface area contributed by atoms with E-state index in [0.717, 1.165) is 0 Å². The Bertz CT molecular complexity index is 233. The van der Waals surface area contributed by atoms with Crippen LogP contribution in [0.1, 0.15) is 0 Å². The molecule has 0 radical (unpaired) electrons. The number of rotatable bonds is 4. The van der Waals surface area contributed by atoms with Gasteiger partial charge in [-0.3, -0.25) is 0 Å². The fourth-order valence-corrected chi connectivity index (χ4v) is 3.66. The van der Waals surface area contributed by atoms with Crippen LogP contribution in [0.5, 0.6) is 0 Å². The van der Waals surface area contributed by atoms with Gasteiger partial charge in [0, 0.05) is 0 Å². The molecule has 0 aliphatic heterocycles. The van der Waals surface area contributed by atoms with Crippen LogP contribution < -0.4 is 0 Å². The van der Waals surface area contributed by atoms with Crippen LogP contribution in [0, 0.1) is 0 Å². The molecule has 13 heavy (non-hydrogen) atoms. The predicted octanol–water partition coefficient (Wildman–Crippen LogP) is 2.72. The Morgan fingerprint density at radius 1 is 0.538 bits per heavy atom. The van der Waals surface area contributed by atoms with Gasteiger partial charge in [0.2, 0.25) is 0 Å². The van der Waals surface area contributed by atoms with E-state index in [2.05, 4.69) is 0 Å². The van der Waals surface area contributed by atoms with Gasteiger partial charge in [0.15, 0.2) is 0 Å². The molecule has 0 saturated carbocycles. The Morgan fingerprint density at radius 3 is 0.692 bits per heavy atom. The van der Waals surface area contributed by atoms with Gasteiger partial charge in [0.1, 0.15) is 0 Å². The number of hydrogen-bond donors (Lipinski definition) is 0. The summed E-state index contributed by atoms with van der Waals surface area (Å²) in [6.07, 6.45) is 0. The average molecular weight is 365 g/mol. The van der Waals surface area contributed by atoms with Crippen molar-refractivity contribution in [1.29, 1.82) is 0 Å². The third-order valence-electron chi connectivity index (χ3n) is 3.82. The molecule has 0 rings (SSSR count). The molecule has 4 nitrogen and oxygen atoms in total. The molecule has 0 heterocycles. The van der Waals surface area contributed by atoms with E-state index in [1.807, 2.05) is 0 Å². The Balaban J connectivity index is 6.31. The first kappa shape index (κ1) is 13.6. The molecule has 0 unspecified atom stereocenters. The van der Waals surface area contributed by atoms with E-state index in [1.165, 1.54) is 0 Å². The van der Waals surface area contributed by atoms with Crippen LogP contribution in [0.4, 0.5) is 0 Å². The van der Waals surface area contributed by atoms with Gasteiger partial charge in [-0.25, -0.2) is 0 Å². The van der Waals surface area contributed by atoms with Crippen molar-refractivity contribution >= 4 is 0 Å². The molecule has 0 spiro atoms. The van der Waals surface area contributed by atoms with Gasteiger partial charge < -0.3 is 0 Å². The van der Waals surface area contributed by atoms with Crippen molar-refractivity contribution in [2.75, 3.05) is 28.4 Å². The van der Waals surface area contributed by atoms with Gasteiger partial charge in [-0.05, 0) is 0 Å². The predicted molar refractivity (Wildman–Crippen MR) is 51.5 cm³/mol. The molecule has 0 aromatic heterocycles. The van der Waals surface area contributed by atoms with Crippen LogP contribution >= 0.6 is 0 Å². The fourth-order valence-electron chi connectivity index (χ4n) is 0.447.